The highest BCUT2D eigenvalue weighted by Gasteiger charge is 2.50. The molecule has 0 aromatic carbocycles. The van der Waals surface area contributed by atoms with Gasteiger partial charge in [-0.25, -0.2) is 0 Å². The summed E-state index contributed by atoms with van der Waals surface area (Å²) in [5, 5.41) is 14.5. The zero-order chi connectivity index (χ0) is 18.5. The number of hydrogen-bond donors (Lipinski definition) is 2. The Morgan fingerprint density at radius 1 is 1.33 bits per heavy atom. The maximum Gasteiger partial charge on any atom is 0.227 e. The third-order valence-electron chi connectivity index (χ3n) is 6.71. The lowest BCUT2D eigenvalue weighted by atomic mass is 9.61. The summed E-state index contributed by atoms with van der Waals surface area (Å²) in [6, 6.07) is 0.616. The lowest BCUT2D eigenvalue weighted by molar-refractivity contribution is -0.140. The maximum absolute atomic E-state index is 13.2. The Morgan fingerprint density at radius 3 is 3.04 bits per heavy atom. The van der Waals surface area contributed by atoms with Gasteiger partial charge in [0.15, 0.2) is 0 Å². The molecule has 1 aromatic rings. The number of aryl methyl sites for hydroxylation is 1. The van der Waals surface area contributed by atoms with Gasteiger partial charge in [-0.3, -0.25) is 14.4 Å². The van der Waals surface area contributed by atoms with E-state index < -0.39 is 0 Å². The fourth-order valence-electron chi connectivity index (χ4n) is 5.14. The molecule has 8 nitrogen and oxygen atoms in total. The number of hydrogen-bond acceptors (Lipinski definition) is 6. The summed E-state index contributed by atoms with van der Waals surface area (Å²) in [5.74, 6) is 0.731. The van der Waals surface area contributed by atoms with Crippen LogP contribution < -0.4 is 10.6 Å². The average molecular weight is 377 g/mol. The molecular weight excluding hydrogens is 344 g/mol. The molecule has 2 N–H and O–H groups in total. The SMILES string of the molecule is O=C(NCCCn1ccnn1)[C@@]12CC[C@@H](N3CCOCC3)C[C@H]1CCNC2. The Balaban J connectivity index is 1.32. The number of nitrogens with zero attached hydrogens (tertiary/aromatic N) is 4. The Hall–Kier alpha value is -1.51. The molecular formula is C19H32N6O2. The van der Waals surface area contributed by atoms with E-state index in [1.54, 1.807) is 6.20 Å². The van der Waals surface area contributed by atoms with Crippen molar-refractivity contribution in [2.45, 2.75) is 44.7 Å². The van der Waals surface area contributed by atoms with Crippen molar-refractivity contribution in [3.63, 3.8) is 0 Å². The number of ether oxygens (including phenoxy) is 1. The predicted molar refractivity (Wildman–Crippen MR) is 101 cm³/mol. The summed E-state index contributed by atoms with van der Waals surface area (Å²) in [4.78, 5) is 15.8. The lowest BCUT2D eigenvalue weighted by Gasteiger charge is -2.50. The van der Waals surface area contributed by atoms with Gasteiger partial charge in [0, 0.05) is 45.0 Å². The van der Waals surface area contributed by atoms with Gasteiger partial charge >= 0.3 is 0 Å². The van der Waals surface area contributed by atoms with Crippen molar-refractivity contribution in [1.29, 1.82) is 0 Å². The molecule has 2 aliphatic heterocycles. The van der Waals surface area contributed by atoms with Gasteiger partial charge in [0.1, 0.15) is 0 Å². The van der Waals surface area contributed by atoms with Crippen molar-refractivity contribution in [3.8, 4) is 0 Å². The van der Waals surface area contributed by atoms with E-state index in [1.807, 2.05) is 10.9 Å². The third kappa shape index (κ3) is 4.17. The van der Waals surface area contributed by atoms with E-state index >= 15 is 0 Å². The summed E-state index contributed by atoms with van der Waals surface area (Å²) >= 11 is 0. The topological polar surface area (TPSA) is 84.3 Å². The molecule has 3 atom stereocenters. The van der Waals surface area contributed by atoms with E-state index in [0.29, 0.717) is 18.5 Å². The van der Waals surface area contributed by atoms with Crippen LogP contribution in [0.25, 0.3) is 0 Å². The molecule has 3 heterocycles. The molecule has 1 aromatic heterocycles. The molecule has 0 radical (unpaired) electrons. The van der Waals surface area contributed by atoms with E-state index in [0.717, 1.165) is 78.0 Å². The lowest BCUT2D eigenvalue weighted by Crippen LogP contribution is -2.60. The van der Waals surface area contributed by atoms with Crippen LogP contribution in [0.2, 0.25) is 0 Å². The summed E-state index contributed by atoms with van der Waals surface area (Å²) in [6.07, 6.45) is 8.77. The van der Waals surface area contributed by atoms with Crippen LogP contribution in [0.1, 0.15) is 32.1 Å². The van der Waals surface area contributed by atoms with E-state index in [1.165, 1.54) is 0 Å². The van der Waals surface area contributed by atoms with Crippen LogP contribution >= 0.6 is 0 Å². The molecule has 150 valence electrons. The van der Waals surface area contributed by atoms with Crippen LogP contribution in [-0.2, 0) is 16.1 Å². The normalized spacial score (nSPS) is 32.0. The van der Waals surface area contributed by atoms with E-state index in [4.69, 9.17) is 4.74 Å². The van der Waals surface area contributed by atoms with Crippen LogP contribution in [-0.4, -0.2) is 77.8 Å². The fraction of sp³-hybridized carbons (Fsp3) is 0.842. The molecule has 27 heavy (non-hydrogen) atoms. The van der Waals surface area contributed by atoms with Gasteiger partial charge in [-0.15, -0.1) is 5.10 Å². The largest absolute Gasteiger partial charge is 0.379 e. The molecule has 0 bridgehead atoms. The first-order chi connectivity index (χ1) is 13.3. The van der Waals surface area contributed by atoms with E-state index in [9.17, 15) is 4.79 Å². The van der Waals surface area contributed by atoms with Gasteiger partial charge in [0.25, 0.3) is 0 Å². The van der Waals surface area contributed by atoms with Crippen molar-refractivity contribution in [2.75, 3.05) is 45.9 Å². The zero-order valence-corrected chi connectivity index (χ0v) is 16.1. The molecule has 1 saturated carbocycles. The number of piperidine rings is 1. The standard InChI is InChI=1S/C19H32N6O2/c26-18(21-5-1-8-25-9-7-22-23-25)19-4-2-17(24-10-12-27-13-11-24)14-16(19)3-6-20-15-19/h7,9,16-17,20H,1-6,8,10-15H2,(H,21,26)/t16-,17-,19-/m1/s1. The molecule has 3 aliphatic rings. The monoisotopic (exact) mass is 376 g/mol. The van der Waals surface area contributed by atoms with Crippen molar-refractivity contribution in [2.24, 2.45) is 11.3 Å². The highest BCUT2D eigenvalue weighted by atomic mass is 16.5. The van der Waals surface area contributed by atoms with Crippen LogP contribution in [0.5, 0.6) is 0 Å². The molecule has 1 amide bonds. The first-order valence-electron chi connectivity index (χ1n) is 10.4. The number of aromatic nitrogens is 3. The molecule has 0 unspecified atom stereocenters. The zero-order valence-electron chi connectivity index (χ0n) is 16.1. The number of carbonyl (C=O) groups excluding carboxylic acids is 1. The quantitative estimate of drug-likeness (QED) is 0.693. The molecule has 1 aliphatic carbocycles. The van der Waals surface area contributed by atoms with Crippen molar-refractivity contribution in [3.05, 3.63) is 12.4 Å². The summed E-state index contributed by atoms with van der Waals surface area (Å²) in [6.45, 7) is 7.10. The first kappa shape index (κ1) is 18.8. The van der Waals surface area contributed by atoms with Gasteiger partial charge in [0.2, 0.25) is 5.91 Å². The highest BCUT2D eigenvalue weighted by molar-refractivity contribution is 5.83. The second kappa shape index (κ2) is 8.67. The summed E-state index contributed by atoms with van der Waals surface area (Å²) in [5.41, 5.74) is -0.228. The fourth-order valence-corrected chi connectivity index (χ4v) is 5.14. The average Bonchev–Trinajstić information content (AvgIpc) is 3.25. The Kier molecular flexibility index (Phi) is 6.04. The number of fused-ring (bicyclic) bond motifs is 1. The number of carbonyl (C=O) groups is 1. The molecule has 4 rings (SSSR count). The smallest absolute Gasteiger partial charge is 0.227 e. The van der Waals surface area contributed by atoms with E-state index in [-0.39, 0.29) is 11.3 Å². The van der Waals surface area contributed by atoms with Gasteiger partial charge < -0.3 is 15.4 Å². The number of amides is 1. The molecule has 8 heteroatoms. The van der Waals surface area contributed by atoms with E-state index in [2.05, 4.69) is 25.8 Å². The van der Waals surface area contributed by atoms with Gasteiger partial charge in [-0.05, 0) is 44.6 Å². The minimum absolute atomic E-state index is 0.228. The molecule has 0 spiro atoms. The summed E-state index contributed by atoms with van der Waals surface area (Å²) in [7, 11) is 0. The van der Waals surface area contributed by atoms with Gasteiger partial charge in [0.05, 0.1) is 24.8 Å². The number of nitrogens with one attached hydrogen (secondary N) is 2. The van der Waals surface area contributed by atoms with Crippen molar-refractivity contribution < 1.29 is 9.53 Å². The second-order valence-electron chi connectivity index (χ2n) is 8.17. The summed E-state index contributed by atoms with van der Waals surface area (Å²) < 4.78 is 7.32. The van der Waals surface area contributed by atoms with Crippen LogP contribution in [0.15, 0.2) is 12.4 Å². The minimum atomic E-state index is -0.228. The Bertz CT molecular complexity index is 603. The minimum Gasteiger partial charge on any atom is -0.379 e. The van der Waals surface area contributed by atoms with Gasteiger partial charge in [-0.1, -0.05) is 5.21 Å². The molecule has 2 saturated heterocycles. The van der Waals surface area contributed by atoms with Gasteiger partial charge in [-0.2, -0.15) is 0 Å². The first-order valence-corrected chi connectivity index (χ1v) is 10.4. The van der Waals surface area contributed by atoms with Crippen LogP contribution in [0.4, 0.5) is 0 Å². The van der Waals surface area contributed by atoms with Crippen molar-refractivity contribution in [1.82, 2.24) is 30.5 Å². The van der Waals surface area contributed by atoms with Crippen molar-refractivity contribution >= 4 is 5.91 Å². The maximum atomic E-state index is 13.2. The number of rotatable bonds is 6. The van der Waals surface area contributed by atoms with Crippen LogP contribution in [0, 0.1) is 11.3 Å². The Morgan fingerprint density at radius 2 is 2.22 bits per heavy atom. The highest BCUT2D eigenvalue weighted by Crippen LogP contribution is 2.46. The number of morpholine rings is 1. The predicted octanol–water partition coefficient (Wildman–Crippen LogP) is 0.265. The second-order valence-corrected chi connectivity index (χ2v) is 8.17. The Labute approximate surface area is 161 Å². The third-order valence-corrected chi connectivity index (χ3v) is 6.71. The molecule has 3 fully saturated rings. The van der Waals surface area contributed by atoms with Crippen LogP contribution in [0.3, 0.4) is 0 Å².